The number of rotatable bonds is 38. The standard InChI is InChI=1S/C29H33NO3.C25H33NO5.C24H26ClNO3.C22H27NO4.C22H29NO3/c1-20-16-28(32-18-23-10-6-5-7-11-23)22(3)21(2)26(20)17-25-14-15-27(33-19-31-4)29(30-25)24-12-8-9-13-24;1-16-12-23(30-14-24(27)29-5)18(3)17(2)21(16)13-20-10-11-22(31-15-28-4)25(26-20)19-8-6-7-9-19;1-16-12-23(28-14-19-8-6-5-7-9-19)18(3)17(2)21(16)13-20-10-11-22(24(25)26-20)29-15-27-4;1-13-10-20(27-12-21(25)26)15(3)14(2)18(13)11-17-8-9-19(24)22(23-17)16-6-4-5-7-16;1-14-11-20(24)16(3)15(2)19(14)12-18-9-10-21(26-13-25-4)22(23-18)17-7-5-6-8-17/h5-7,10-12,14-16H,8-9,13,17-19H2,1-4H3;10-12,19H,6-9,13-15H2,1-5H3;5-12H,13-15H2,1-4H3;8-10,16,24H,4-7,11-12H2,1-3H3,(H,25,26);9-11,17,24H,5-8,12-13H2,1-4H3. The minimum Gasteiger partial charge on any atom is -0.508 e. The van der Waals surface area contributed by atoms with Gasteiger partial charge in [0, 0.05) is 107 Å². The second kappa shape index (κ2) is 55.0. The van der Waals surface area contributed by atoms with Crippen molar-refractivity contribution in [2.75, 3.05) is 75.9 Å². The molecule has 0 unspecified atom stereocenters. The number of aryl methyl sites for hydroxylation is 5. The normalized spacial score (nSPS) is 13.4. The SMILES string of the molecule is COCOc1ccc(Cc2c(C)cc(O)c(C)c2C)nc1C1CCCC1.COCOc1ccc(Cc2c(C)cc(OCC(=O)OC)c(C)c2C)nc1C1CCCC1.COCOc1ccc(Cc2c(C)cc(OCc3ccccc3)c(C)c2C)nc1C1=CCCC1.COCOc1ccc(Cc2c(C)cc(OCc3ccccc3)c(C)c2C)nc1Cl.Cc1cc(OCC(=O)O)c(C)c(C)c1Cc1ccc(O)c(C2CCCC2)n1. The molecule has 0 amide bonds. The molecule has 0 aliphatic heterocycles. The van der Waals surface area contributed by atoms with Gasteiger partial charge in [-0.3, -0.25) is 15.0 Å². The molecule has 7 aromatic carbocycles. The average Bonchev–Trinajstić information content (AvgIpc) is 0.878. The molecule has 0 radical (unpaired) electrons. The van der Waals surface area contributed by atoms with Crippen LogP contribution in [-0.2, 0) is 78.6 Å². The zero-order chi connectivity index (χ0) is 105. The highest BCUT2D eigenvalue weighted by molar-refractivity contribution is 6.30. The number of hydrogen-bond acceptors (Lipinski definition) is 22. The average molecular weight is 2010 g/mol. The quantitative estimate of drug-likeness (QED) is 0.0184. The number of hydrogen-bond donors (Lipinski definition) is 3. The van der Waals surface area contributed by atoms with E-state index in [1.54, 1.807) is 34.5 Å². The largest absolute Gasteiger partial charge is 0.508 e. The number of aromatic hydroxyl groups is 2. The number of esters is 1. The number of carboxylic acid groups (broad SMARTS) is 1. The third kappa shape index (κ3) is 30.4. The van der Waals surface area contributed by atoms with Gasteiger partial charge in [0.15, 0.2) is 51.3 Å². The van der Waals surface area contributed by atoms with Gasteiger partial charge >= 0.3 is 11.9 Å². The number of halogens is 1. The second-order valence-corrected chi connectivity index (χ2v) is 39.0. The highest BCUT2D eigenvalue weighted by Crippen LogP contribution is 2.44. The van der Waals surface area contributed by atoms with E-state index in [2.05, 4.69) is 127 Å². The Morgan fingerprint density at radius 2 is 0.658 bits per heavy atom. The number of ether oxygens (including phenoxy) is 13. The lowest BCUT2D eigenvalue weighted by molar-refractivity contribution is -0.143. The molecule has 0 atom stereocenters. The van der Waals surface area contributed by atoms with Gasteiger partial charge in [0.2, 0.25) is 0 Å². The minimum atomic E-state index is -0.985. The van der Waals surface area contributed by atoms with Gasteiger partial charge in [-0.25, -0.2) is 19.6 Å². The van der Waals surface area contributed by atoms with Gasteiger partial charge in [0.25, 0.3) is 0 Å². The third-order valence-corrected chi connectivity index (χ3v) is 29.1. The first kappa shape index (κ1) is 112. The van der Waals surface area contributed by atoms with Gasteiger partial charge in [-0.05, 0) is 381 Å². The van der Waals surface area contributed by atoms with Crippen LogP contribution in [0.15, 0.2) is 158 Å². The smallest absolute Gasteiger partial charge is 0.343 e. The molecule has 23 nitrogen and oxygen atoms in total. The van der Waals surface area contributed by atoms with Gasteiger partial charge < -0.3 is 76.9 Å². The molecule has 0 bridgehead atoms. The fourth-order valence-corrected chi connectivity index (χ4v) is 19.9. The molecule has 4 aliphatic carbocycles. The molecule has 3 N–H and O–H groups in total. The third-order valence-electron chi connectivity index (χ3n) is 28.8. The first-order valence-electron chi connectivity index (χ1n) is 50.9. The lowest BCUT2D eigenvalue weighted by Gasteiger charge is -2.19. The van der Waals surface area contributed by atoms with Crippen molar-refractivity contribution >= 4 is 29.1 Å². The van der Waals surface area contributed by atoms with E-state index in [9.17, 15) is 19.8 Å². The Morgan fingerprint density at radius 3 is 1.03 bits per heavy atom. The Morgan fingerprint density at radius 1 is 0.329 bits per heavy atom. The number of carbonyl (C=O) groups is 2. The number of aliphatic carboxylic acids is 1. The summed E-state index contributed by atoms with van der Waals surface area (Å²) in [5.74, 6) is 6.76. The van der Waals surface area contributed by atoms with E-state index < -0.39 is 11.9 Å². The van der Waals surface area contributed by atoms with Crippen molar-refractivity contribution in [2.24, 2.45) is 0 Å². The summed E-state index contributed by atoms with van der Waals surface area (Å²) in [5, 5.41) is 29.4. The van der Waals surface area contributed by atoms with Crippen molar-refractivity contribution in [2.45, 2.75) is 263 Å². The number of benzene rings is 7. The lowest BCUT2D eigenvalue weighted by Crippen LogP contribution is -2.14. The Hall–Kier alpha value is -12.9. The van der Waals surface area contributed by atoms with Gasteiger partial charge in [-0.1, -0.05) is 117 Å². The summed E-state index contributed by atoms with van der Waals surface area (Å²) in [5.41, 5.74) is 35.5. The maximum Gasteiger partial charge on any atom is 0.343 e. The molecule has 5 heterocycles. The molecule has 146 heavy (non-hydrogen) atoms. The number of pyridine rings is 5. The number of allylic oxidation sites excluding steroid dienone is 2. The van der Waals surface area contributed by atoms with Crippen LogP contribution in [-0.4, -0.2) is 128 Å². The summed E-state index contributed by atoms with van der Waals surface area (Å²) in [6.07, 6.45) is 23.5. The summed E-state index contributed by atoms with van der Waals surface area (Å²) < 4.78 is 71.0. The zero-order valence-electron chi connectivity index (χ0n) is 89.1. The highest BCUT2D eigenvalue weighted by Gasteiger charge is 2.29. The maximum absolute atomic E-state index is 11.4. The Kier molecular flexibility index (Phi) is 42.2. The molecule has 776 valence electrons. The number of aromatic nitrogens is 5. The summed E-state index contributed by atoms with van der Waals surface area (Å²) >= 11 is 6.26. The molecule has 0 spiro atoms. The van der Waals surface area contributed by atoms with Crippen LogP contribution < -0.4 is 37.9 Å². The Bertz CT molecular complexity index is 6450. The van der Waals surface area contributed by atoms with Crippen LogP contribution in [0.25, 0.3) is 5.57 Å². The lowest BCUT2D eigenvalue weighted by atomic mass is 9.93. The monoisotopic (exact) mass is 2010 g/mol. The molecule has 5 aromatic heterocycles. The van der Waals surface area contributed by atoms with Crippen LogP contribution >= 0.6 is 11.6 Å². The maximum atomic E-state index is 11.4. The molecular formula is C122H148ClN5O18. The second-order valence-electron chi connectivity index (χ2n) is 38.7. The fraction of sp³-hybridized carbons (Fsp3) is 0.418. The van der Waals surface area contributed by atoms with E-state index >= 15 is 0 Å². The van der Waals surface area contributed by atoms with Crippen molar-refractivity contribution in [1.82, 2.24) is 24.9 Å². The number of nitrogens with zero attached hydrogens (tertiary/aromatic N) is 5. The topological polar surface area (TPSA) is 279 Å². The number of methoxy groups -OCH3 is 5. The number of carboxylic acids is 1. The number of phenols is 1. The first-order valence-corrected chi connectivity index (χ1v) is 51.3. The van der Waals surface area contributed by atoms with E-state index in [4.69, 9.17) is 93.5 Å². The van der Waals surface area contributed by atoms with Crippen molar-refractivity contribution in [1.29, 1.82) is 0 Å². The van der Waals surface area contributed by atoms with Crippen LogP contribution in [0.2, 0.25) is 5.15 Å². The van der Waals surface area contributed by atoms with Crippen LogP contribution in [0.5, 0.6) is 57.5 Å². The highest BCUT2D eigenvalue weighted by atomic mass is 35.5. The van der Waals surface area contributed by atoms with Gasteiger partial charge in [0.1, 0.15) is 70.7 Å². The van der Waals surface area contributed by atoms with Crippen LogP contribution in [0.1, 0.15) is 288 Å². The number of phenolic OH excluding ortho intramolecular Hbond substituents is 1. The van der Waals surface area contributed by atoms with Crippen LogP contribution in [0.4, 0.5) is 0 Å². The molecule has 16 rings (SSSR count). The van der Waals surface area contributed by atoms with E-state index in [0.29, 0.717) is 77.7 Å². The van der Waals surface area contributed by atoms with Gasteiger partial charge in [-0.2, -0.15) is 0 Å². The zero-order valence-corrected chi connectivity index (χ0v) is 89.9. The molecule has 3 fully saturated rings. The number of carbonyl (C=O) groups excluding carboxylic acids is 1. The van der Waals surface area contributed by atoms with Gasteiger partial charge in [0.05, 0.1) is 24.2 Å². The van der Waals surface area contributed by atoms with Crippen molar-refractivity contribution in [3.05, 3.63) is 337 Å². The molecule has 3 saturated carbocycles. The summed E-state index contributed by atoms with van der Waals surface area (Å²) in [7, 11) is 7.82. The molecule has 4 aliphatic rings. The van der Waals surface area contributed by atoms with Crippen molar-refractivity contribution < 1.29 is 86.5 Å². The van der Waals surface area contributed by atoms with E-state index in [0.717, 1.165) is 199 Å². The van der Waals surface area contributed by atoms with E-state index in [-0.39, 0.29) is 40.4 Å². The van der Waals surface area contributed by atoms with E-state index in [1.807, 2.05) is 138 Å². The van der Waals surface area contributed by atoms with E-state index in [1.165, 1.54) is 132 Å². The molecule has 12 aromatic rings. The van der Waals surface area contributed by atoms with Gasteiger partial charge in [-0.15, -0.1) is 0 Å². The Labute approximate surface area is 868 Å². The summed E-state index contributed by atoms with van der Waals surface area (Å²) in [6, 6.07) is 50.2. The predicted octanol–water partition coefficient (Wildman–Crippen LogP) is 26.7. The molecular weight excluding hydrogens is 1860 g/mol. The first-order chi connectivity index (χ1) is 70.4. The van der Waals surface area contributed by atoms with Crippen LogP contribution in [0.3, 0.4) is 0 Å². The fourth-order valence-electron chi connectivity index (χ4n) is 19.7. The van der Waals surface area contributed by atoms with Crippen molar-refractivity contribution in [3.8, 4) is 57.5 Å². The molecule has 0 saturated heterocycles. The summed E-state index contributed by atoms with van der Waals surface area (Å²) in [4.78, 5) is 46.5. The molecule has 24 heteroatoms. The van der Waals surface area contributed by atoms with Crippen molar-refractivity contribution in [3.63, 3.8) is 0 Å². The predicted molar refractivity (Wildman–Crippen MR) is 574 cm³/mol. The minimum absolute atomic E-state index is 0.0925. The summed E-state index contributed by atoms with van der Waals surface area (Å²) in [6.45, 7) is 32.6. The Balaban J connectivity index is 0.000000163. The van der Waals surface area contributed by atoms with Crippen LogP contribution in [0, 0.1) is 104 Å².